The van der Waals surface area contributed by atoms with Gasteiger partial charge >= 0.3 is 0 Å². The molecule has 0 spiro atoms. The van der Waals surface area contributed by atoms with Gasteiger partial charge in [0.25, 0.3) is 5.91 Å². The van der Waals surface area contributed by atoms with Crippen LogP contribution in [0.3, 0.4) is 0 Å². The van der Waals surface area contributed by atoms with Crippen molar-refractivity contribution in [2.75, 3.05) is 58.5 Å². The SMILES string of the molecule is COCCN(Cc1cc2ccc(OC)cc2nc1N1CCN(C(C)=O)CC1)C(=O)c1cccc2ccccc12. The standard InChI is InChI=1S/C31H34N4O4/c1-22(36)33-13-15-34(16-14-33)30-25(19-24-11-12-26(39-3)20-29(24)32-30)21-35(17-18-38-2)31(37)28-10-6-8-23-7-4-5-9-27(23)28/h4-12,19-20H,13-18,21H2,1-3H3. The lowest BCUT2D eigenvalue weighted by molar-refractivity contribution is -0.129. The summed E-state index contributed by atoms with van der Waals surface area (Å²) in [5.74, 6) is 1.60. The summed E-state index contributed by atoms with van der Waals surface area (Å²) in [6, 6.07) is 21.7. The number of hydrogen-bond acceptors (Lipinski definition) is 6. The van der Waals surface area contributed by atoms with Crippen LogP contribution in [-0.4, -0.2) is 80.1 Å². The molecule has 1 aliphatic heterocycles. The minimum absolute atomic E-state index is 0.0500. The maximum absolute atomic E-state index is 14.0. The summed E-state index contributed by atoms with van der Waals surface area (Å²) in [5, 5.41) is 2.93. The summed E-state index contributed by atoms with van der Waals surface area (Å²) in [4.78, 5) is 36.9. The van der Waals surface area contributed by atoms with Gasteiger partial charge < -0.3 is 24.2 Å². The minimum atomic E-state index is -0.0500. The van der Waals surface area contributed by atoms with Crippen LogP contribution >= 0.6 is 0 Å². The van der Waals surface area contributed by atoms with Crippen LogP contribution in [0.2, 0.25) is 0 Å². The number of anilines is 1. The smallest absolute Gasteiger partial charge is 0.254 e. The maximum Gasteiger partial charge on any atom is 0.254 e. The summed E-state index contributed by atoms with van der Waals surface area (Å²) in [5.41, 5.74) is 2.44. The van der Waals surface area contributed by atoms with Crippen molar-refractivity contribution >= 4 is 39.3 Å². The van der Waals surface area contributed by atoms with Crippen molar-refractivity contribution in [2.45, 2.75) is 13.5 Å². The van der Waals surface area contributed by atoms with E-state index < -0.39 is 0 Å². The third kappa shape index (κ3) is 5.66. The molecule has 0 unspecified atom stereocenters. The Morgan fingerprint density at radius 3 is 2.44 bits per heavy atom. The number of ether oxygens (including phenoxy) is 2. The van der Waals surface area contributed by atoms with E-state index in [1.54, 1.807) is 21.1 Å². The molecule has 0 N–H and O–H groups in total. The summed E-state index contributed by atoms with van der Waals surface area (Å²) in [6.07, 6.45) is 0. The van der Waals surface area contributed by atoms with E-state index >= 15 is 0 Å². The number of amides is 2. The van der Waals surface area contributed by atoms with Crippen molar-refractivity contribution < 1.29 is 19.1 Å². The fourth-order valence-corrected chi connectivity index (χ4v) is 5.17. The quantitative estimate of drug-likeness (QED) is 0.340. The first-order valence-corrected chi connectivity index (χ1v) is 13.2. The lowest BCUT2D eigenvalue weighted by Gasteiger charge is -2.36. The summed E-state index contributed by atoms with van der Waals surface area (Å²) < 4.78 is 10.8. The molecule has 0 aliphatic carbocycles. The summed E-state index contributed by atoms with van der Waals surface area (Å²) in [7, 11) is 3.29. The van der Waals surface area contributed by atoms with Gasteiger partial charge in [0.15, 0.2) is 0 Å². The van der Waals surface area contributed by atoms with Gasteiger partial charge in [0.1, 0.15) is 11.6 Å². The number of fused-ring (bicyclic) bond motifs is 2. The molecule has 0 radical (unpaired) electrons. The third-order valence-corrected chi connectivity index (χ3v) is 7.34. The molecule has 39 heavy (non-hydrogen) atoms. The summed E-state index contributed by atoms with van der Waals surface area (Å²) >= 11 is 0. The largest absolute Gasteiger partial charge is 0.497 e. The molecule has 4 aromatic rings. The molecule has 2 amide bonds. The molecule has 1 aliphatic rings. The first-order valence-electron chi connectivity index (χ1n) is 13.2. The van der Waals surface area contributed by atoms with Crippen molar-refractivity contribution in [1.29, 1.82) is 0 Å². The number of benzene rings is 3. The molecule has 3 aromatic carbocycles. The maximum atomic E-state index is 14.0. The fourth-order valence-electron chi connectivity index (χ4n) is 5.17. The monoisotopic (exact) mass is 526 g/mol. The van der Waals surface area contributed by atoms with E-state index in [2.05, 4.69) is 11.0 Å². The van der Waals surface area contributed by atoms with Crippen LogP contribution in [-0.2, 0) is 16.1 Å². The van der Waals surface area contributed by atoms with Crippen LogP contribution in [0.5, 0.6) is 5.75 Å². The van der Waals surface area contributed by atoms with Gasteiger partial charge in [-0.25, -0.2) is 4.98 Å². The number of carbonyl (C=O) groups excluding carboxylic acids is 2. The predicted octanol–water partition coefficient (Wildman–Crippen LogP) is 4.35. The molecule has 202 valence electrons. The van der Waals surface area contributed by atoms with E-state index in [1.807, 2.05) is 70.5 Å². The molecular weight excluding hydrogens is 492 g/mol. The second kappa shape index (κ2) is 11.7. The Balaban J connectivity index is 1.54. The number of methoxy groups -OCH3 is 2. The Labute approximate surface area is 228 Å². The molecule has 0 atom stereocenters. The van der Waals surface area contributed by atoms with E-state index in [0.29, 0.717) is 51.4 Å². The van der Waals surface area contributed by atoms with Crippen molar-refractivity contribution in [3.8, 4) is 5.75 Å². The van der Waals surface area contributed by atoms with E-state index in [9.17, 15) is 9.59 Å². The number of pyridine rings is 1. The normalized spacial score (nSPS) is 13.6. The highest BCUT2D eigenvalue weighted by molar-refractivity contribution is 6.07. The second-order valence-corrected chi connectivity index (χ2v) is 9.77. The van der Waals surface area contributed by atoms with Crippen LogP contribution in [0.1, 0.15) is 22.8 Å². The lowest BCUT2D eigenvalue weighted by Crippen LogP contribution is -2.48. The fraction of sp³-hybridized carbons (Fsp3) is 0.323. The minimum Gasteiger partial charge on any atom is -0.497 e. The van der Waals surface area contributed by atoms with Gasteiger partial charge in [-0.15, -0.1) is 0 Å². The zero-order chi connectivity index (χ0) is 27.4. The first-order chi connectivity index (χ1) is 19.0. The zero-order valence-corrected chi connectivity index (χ0v) is 22.7. The van der Waals surface area contributed by atoms with E-state index in [0.717, 1.165) is 38.8 Å². The van der Waals surface area contributed by atoms with Crippen LogP contribution in [0.4, 0.5) is 5.82 Å². The number of aromatic nitrogens is 1. The molecule has 8 nitrogen and oxygen atoms in total. The van der Waals surface area contributed by atoms with Gasteiger partial charge in [-0.2, -0.15) is 0 Å². The van der Waals surface area contributed by atoms with E-state index in [4.69, 9.17) is 14.5 Å². The predicted molar refractivity (Wildman–Crippen MR) is 153 cm³/mol. The van der Waals surface area contributed by atoms with Gasteiger partial charge in [-0.05, 0) is 35.0 Å². The summed E-state index contributed by atoms with van der Waals surface area (Å²) in [6.45, 7) is 5.45. The van der Waals surface area contributed by atoms with Crippen molar-refractivity contribution in [1.82, 2.24) is 14.8 Å². The highest BCUT2D eigenvalue weighted by Gasteiger charge is 2.25. The van der Waals surface area contributed by atoms with Gasteiger partial charge in [0.2, 0.25) is 5.91 Å². The van der Waals surface area contributed by atoms with Crippen molar-refractivity contribution in [3.05, 3.63) is 77.9 Å². The van der Waals surface area contributed by atoms with Gasteiger partial charge in [-0.1, -0.05) is 36.4 Å². The van der Waals surface area contributed by atoms with Gasteiger partial charge in [-0.3, -0.25) is 9.59 Å². The second-order valence-electron chi connectivity index (χ2n) is 9.77. The Bertz CT molecular complexity index is 1490. The molecule has 0 saturated carbocycles. The van der Waals surface area contributed by atoms with Crippen LogP contribution in [0, 0.1) is 0 Å². The molecule has 0 bridgehead atoms. The molecule has 5 rings (SSSR count). The number of carbonyl (C=O) groups is 2. The van der Waals surface area contributed by atoms with Crippen LogP contribution < -0.4 is 9.64 Å². The number of rotatable bonds is 8. The van der Waals surface area contributed by atoms with Gasteiger partial charge in [0.05, 0.1) is 19.2 Å². The molecule has 1 fully saturated rings. The number of nitrogens with zero attached hydrogens (tertiary/aromatic N) is 4. The Kier molecular flexibility index (Phi) is 7.93. The third-order valence-electron chi connectivity index (χ3n) is 7.34. The molecule has 1 saturated heterocycles. The number of piperazine rings is 1. The Morgan fingerprint density at radius 1 is 0.923 bits per heavy atom. The van der Waals surface area contributed by atoms with E-state index in [1.165, 1.54) is 0 Å². The highest BCUT2D eigenvalue weighted by Crippen LogP contribution is 2.29. The Morgan fingerprint density at radius 2 is 1.69 bits per heavy atom. The first kappa shape index (κ1) is 26.4. The van der Waals surface area contributed by atoms with E-state index in [-0.39, 0.29) is 11.8 Å². The Hall–Kier alpha value is -4.17. The molecule has 2 heterocycles. The van der Waals surface area contributed by atoms with Crippen LogP contribution in [0.15, 0.2) is 66.7 Å². The average Bonchev–Trinajstić information content (AvgIpc) is 2.98. The van der Waals surface area contributed by atoms with Gasteiger partial charge in [0, 0.05) is 75.9 Å². The highest BCUT2D eigenvalue weighted by atomic mass is 16.5. The number of hydrogen-bond donors (Lipinski definition) is 0. The lowest BCUT2D eigenvalue weighted by atomic mass is 10.0. The molecule has 8 heteroatoms. The average molecular weight is 527 g/mol. The topological polar surface area (TPSA) is 75.2 Å². The molecule has 1 aromatic heterocycles. The van der Waals surface area contributed by atoms with Crippen LogP contribution in [0.25, 0.3) is 21.7 Å². The zero-order valence-electron chi connectivity index (χ0n) is 22.7. The van der Waals surface area contributed by atoms with Crippen molar-refractivity contribution in [3.63, 3.8) is 0 Å². The molecular formula is C31H34N4O4. The van der Waals surface area contributed by atoms with Crippen molar-refractivity contribution in [2.24, 2.45) is 0 Å².